The second kappa shape index (κ2) is 17.5. The van der Waals surface area contributed by atoms with Gasteiger partial charge in [0.05, 0.1) is 25.9 Å². The van der Waals surface area contributed by atoms with Crippen LogP contribution < -0.4 is 0 Å². The Morgan fingerprint density at radius 2 is 1.12 bits per heavy atom. The molecule has 16 heteroatoms. The predicted molar refractivity (Wildman–Crippen MR) is 147 cm³/mol. The van der Waals surface area contributed by atoms with Gasteiger partial charge in [-0.2, -0.15) is 0 Å². The van der Waals surface area contributed by atoms with Crippen LogP contribution in [0.25, 0.3) is 0 Å². The minimum atomic E-state index is -1.93. The minimum absolute atomic E-state index is 0.570. The topological polar surface area (TPSA) is 295 Å². The first-order valence-corrected chi connectivity index (χ1v) is 13.8. The van der Waals surface area contributed by atoms with Crippen molar-refractivity contribution in [2.45, 2.75) is 122 Å². The first kappa shape index (κ1) is 41.8. The van der Waals surface area contributed by atoms with Gasteiger partial charge in [0.15, 0.2) is 17.9 Å². The molecule has 1 aliphatic heterocycles. The van der Waals surface area contributed by atoms with Gasteiger partial charge in [0, 0.05) is 16.7 Å². The Labute approximate surface area is 250 Å². The van der Waals surface area contributed by atoms with E-state index in [9.17, 15) is 60.7 Å². The monoisotopic (exact) mass is 632 g/mol. The van der Waals surface area contributed by atoms with E-state index in [-0.39, 0.29) is 0 Å². The van der Waals surface area contributed by atoms with Gasteiger partial charge in [-0.3, -0.25) is 9.59 Å². The lowest BCUT2D eigenvalue weighted by atomic mass is 9.84. The summed E-state index contributed by atoms with van der Waals surface area (Å²) in [5, 5.41) is 115. The van der Waals surface area contributed by atoms with Crippen molar-refractivity contribution in [2.24, 2.45) is 16.7 Å². The Morgan fingerprint density at radius 1 is 0.698 bits per heavy atom. The second-order valence-corrected chi connectivity index (χ2v) is 12.8. The molecule has 0 radical (unpaired) electrons. The van der Waals surface area contributed by atoms with Crippen molar-refractivity contribution in [3.8, 4) is 0 Å². The van der Waals surface area contributed by atoms with Gasteiger partial charge in [-0.25, -0.2) is 0 Å². The van der Waals surface area contributed by atoms with Crippen LogP contribution >= 0.6 is 0 Å². The summed E-state index contributed by atoms with van der Waals surface area (Å²) in [7, 11) is 0. The highest BCUT2D eigenvalue weighted by Crippen LogP contribution is 2.29. The van der Waals surface area contributed by atoms with Crippen LogP contribution in [0.15, 0.2) is 0 Å². The van der Waals surface area contributed by atoms with E-state index in [1.165, 1.54) is 27.7 Å². The molecular formula is C27H52O16. The molecule has 0 aromatic heterocycles. The maximum atomic E-state index is 12.2. The standard InChI is InChI=1S/C17H32O10.C10H20O6/c1-7-10(21)9(6-19)26-16(11(7)22)27-14(8(20)5-18)12(23)13(24)15(25)17(2,3)4;1-10(2,3)9(16)8(15)7(14)6(13)5(12)4-11/h7-14,16,18-24H,5-6H2,1-4H3;5-8,11-15H,4H2,1-3H3/t7?,8-,9?,10?,11?,12-,13-,14-,16?;5-,6-,7+,8-/m11/s1. The van der Waals surface area contributed by atoms with Crippen LogP contribution in [0.2, 0.25) is 0 Å². The average Bonchev–Trinajstić information content (AvgIpc) is 2.95. The van der Waals surface area contributed by atoms with E-state index >= 15 is 0 Å². The zero-order valence-electron chi connectivity index (χ0n) is 25.6. The molecule has 1 rings (SSSR count). The molecule has 0 spiro atoms. The molecule has 0 aliphatic carbocycles. The normalized spacial score (nSPS) is 28.8. The molecule has 1 aliphatic rings. The maximum absolute atomic E-state index is 12.2. The highest BCUT2D eigenvalue weighted by Gasteiger charge is 2.47. The summed E-state index contributed by atoms with van der Waals surface area (Å²) in [5.41, 5.74) is -1.86. The fourth-order valence-corrected chi connectivity index (χ4v) is 3.94. The highest BCUT2D eigenvalue weighted by molar-refractivity contribution is 5.88. The van der Waals surface area contributed by atoms with Crippen LogP contribution in [0.3, 0.4) is 0 Å². The Morgan fingerprint density at radius 3 is 1.49 bits per heavy atom. The summed E-state index contributed by atoms with van der Waals surface area (Å²) in [5.74, 6) is -2.13. The Bertz CT molecular complexity index is 840. The van der Waals surface area contributed by atoms with E-state index in [1.807, 2.05) is 0 Å². The number of Topliss-reactive ketones (excluding diaryl/α,β-unsaturated/α-hetero) is 2. The smallest absolute Gasteiger partial charge is 0.184 e. The highest BCUT2D eigenvalue weighted by atomic mass is 16.7. The fraction of sp³-hybridized carbons (Fsp3) is 0.926. The lowest BCUT2D eigenvalue weighted by Gasteiger charge is -2.43. The van der Waals surface area contributed by atoms with Crippen molar-refractivity contribution in [2.75, 3.05) is 19.8 Å². The quantitative estimate of drug-likeness (QED) is 0.0906. The molecule has 256 valence electrons. The van der Waals surface area contributed by atoms with Gasteiger partial charge in [-0.15, -0.1) is 0 Å². The molecule has 43 heavy (non-hydrogen) atoms. The lowest BCUT2D eigenvalue weighted by molar-refractivity contribution is -0.317. The first-order valence-electron chi connectivity index (χ1n) is 13.8. The minimum Gasteiger partial charge on any atom is -0.394 e. The third-order valence-corrected chi connectivity index (χ3v) is 7.01. The fourth-order valence-electron chi connectivity index (χ4n) is 3.94. The summed E-state index contributed by atoms with van der Waals surface area (Å²) in [6.07, 6.45) is -19.4. The van der Waals surface area contributed by atoms with E-state index < -0.39 is 122 Å². The number of aliphatic hydroxyl groups excluding tert-OH is 12. The second-order valence-electron chi connectivity index (χ2n) is 12.8. The van der Waals surface area contributed by atoms with E-state index in [1.54, 1.807) is 20.8 Å². The zero-order chi connectivity index (χ0) is 34.2. The van der Waals surface area contributed by atoms with Crippen molar-refractivity contribution in [1.82, 2.24) is 0 Å². The molecule has 5 unspecified atom stereocenters. The average molecular weight is 633 g/mol. The summed E-state index contributed by atoms with van der Waals surface area (Å²) >= 11 is 0. The van der Waals surface area contributed by atoms with Crippen molar-refractivity contribution in [3.05, 3.63) is 0 Å². The molecule has 0 saturated carbocycles. The molecule has 0 aromatic rings. The summed E-state index contributed by atoms with van der Waals surface area (Å²) < 4.78 is 10.7. The molecule has 0 bridgehead atoms. The number of hydrogen-bond donors (Lipinski definition) is 12. The van der Waals surface area contributed by atoms with Gasteiger partial charge in [-0.05, 0) is 0 Å². The number of ketones is 2. The summed E-state index contributed by atoms with van der Waals surface area (Å²) in [4.78, 5) is 23.8. The third kappa shape index (κ3) is 11.6. The number of carbonyl (C=O) groups excluding carboxylic acids is 2. The van der Waals surface area contributed by atoms with Crippen molar-refractivity contribution >= 4 is 11.6 Å². The van der Waals surface area contributed by atoms with Crippen LogP contribution in [0.1, 0.15) is 48.5 Å². The predicted octanol–water partition coefficient (Wildman–Crippen LogP) is -4.83. The van der Waals surface area contributed by atoms with Gasteiger partial charge in [0.25, 0.3) is 0 Å². The van der Waals surface area contributed by atoms with Crippen LogP contribution in [-0.4, -0.2) is 166 Å². The van der Waals surface area contributed by atoms with Crippen molar-refractivity contribution in [1.29, 1.82) is 0 Å². The zero-order valence-corrected chi connectivity index (χ0v) is 25.6. The van der Waals surface area contributed by atoms with Crippen molar-refractivity contribution < 1.29 is 80.3 Å². The SMILES string of the molecule is CC(C)(C)C(=O)[C@H](O)[C@@H](O)[C@H](O)[C@H](O)CO.CC1C(O)C(CO)OC(O[C@@H]([C@H](O)[C@@H](O)C(=O)C(C)(C)C)[C@H](O)CO)C1O. The van der Waals surface area contributed by atoms with Gasteiger partial charge in [-0.1, -0.05) is 48.5 Å². The summed E-state index contributed by atoms with van der Waals surface area (Å²) in [6, 6.07) is 0. The van der Waals surface area contributed by atoms with Crippen molar-refractivity contribution in [3.63, 3.8) is 0 Å². The molecule has 0 aromatic carbocycles. The number of carbonyl (C=O) groups is 2. The van der Waals surface area contributed by atoms with Crippen LogP contribution in [0.5, 0.6) is 0 Å². The van der Waals surface area contributed by atoms with Crippen LogP contribution in [0.4, 0.5) is 0 Å². The Hall–Kier alpha value is -1.22. The number of hydrogen-bond acceptors (Lipinski definition) is 16. The number of ether oxygens (including phenoxy) is 2. The van der Waals surface area contributed by atoms with Gasteiger partial charge in [0.2, 0.25) is 0 Å². The molecular weight excluding hydrogens is 580 g/mol. The van der Waals surface area contributed by atoms with E-state index in [0.717, 1.165) is 0 Å². The van der Waals surface area contributed by atoms with Crippen LogP contribution in [-0.2, 0) is 19.1 Å². The van der Waals surface area contributed by atoms with Gasteiger partial charge >= 0.3 is 0 Å². The lowest BCUT2D eigenvalue weighted by Crippen LogP contribution is -2.59. The third-order valence-electron chi connectivity index (χ3n) is 7.01. The molecule has 1 saturated heterocycles. The molecule has 12 N–H and O–H groups in total. The van der Waals surface area contributed by atoms with Crippen LogP contribution in [0, 0.1) is 16.7 Å². The molecule has 0 amide bonds. The van der Waals surface area contributed by atoms with Gasteiger partial charge < -0.3 is 70.8 Å². The van der Waals surface area contributed by atoms with E-state index in [4.69, 9.17) is 19.7 Å². The van der Waals surface area contributed by atoms with E-state index in [0.29, 0.717) is 0 Å². The molecule has 1 fully saturated rings. The number of rotatable bonds is 13. The molecule has 16 nitrogen and oxygen atoms in total. The molecule has 13 atom stereocenters. The Balaban J connectivity index is 0.000000942. The maximum Gasteiger partial charge on any atom is 0.184 e. The summed E-state index contributed by atoms with van der Waals surface area (Å²) in [6.45, 7) is 8.56. The first-order chi connectivity index (χ1) is 19.5. The van der Waals surface area contributed by atoms with E-state index in [2.05, 4.69) is 0 Å². The van der Waals surface area contributed by atoms with Gasteiger partial charge in [0.1, 0.15) is 61.0 Å². The molecule has 1 heterocycles. The Kier molecular flexibility index (Phi) is 17.0. The number of aliphatic hydroxyl groups is 12. The largest absolute Gasteiger partial charge is 0.394 e.